The number of non-ortho nitro benzene ring substituents is 1. The summed E-state index contributed by atoms with van der Waals surface area (Å²) in [6, 6.07) is 12.0. The minimum atomic E-state index is -0.586. The number of aromatic nitrogens is 2. The molecule has 3 rings (SSSR count). The third kappa shape index (κ3) is 4.20. The standard InChI is InChI=1S/C12H14N2O.C7H5BrN2O3/c1-9-10(2)13(3)14(12(9)15)11-7-5-4-6-8-11;8-6-2-5(10(12)13)1-4(3-9)7(6)11/h4-8H,1-3H3;1-3,9,11H. The Morgan fingerprint density at radius 3 is 2.29 bits per heavy atom. The normalized spacial score (nSPS) is 10.1. The molecule has 8 nitrogen and oxygen atoms in total. The van der Waals surface area contributed by atoms with E-state index in [-0.39, 0.29) is 27.0 Å². The first kappa shape index (κ1) is 21.1. The zero-order valence-electron chi connectivity index (χ0n) is 15.5. The summed E-state index contributed by atoms with van der Waals surface area (Å²) in [4.78, 5) is 21.7. The summed E-state index contributed by atoms with van der Waals surface area (Å²) in [5.74, 6) is -0.166. The highest BCUT2D eigenvalue weighted by molar-refractivity contribution is 9.10. The van der Waals surface area contributed by atoms with Crippen molar-refractivity contribution in [3.05, 3.63) is 84.2 Å². The van der Waals surface area contributed by atoms with Gasteiger partial charge in [0.2, 0.25) is 0 Å². The van der Waals surface area contributed by atoms with Crippen molar-refractivity contribution < 1.29 is 10.0 Å². The second-order valence-corrected chi connectivity index (χ2v) is 6.81. The van der Waals surface area contributed by atoms with Gasteiger partial charge in [-0.15, -0.1) is 0 Å². The maximum absolute atomic E-state index is 12.0. The van der Waals surface area contributed by atoms with Crippen molar-refractivity contribution >= 4 is 27.8 Å². The Hall–Kier alpha value is -3.20. The Labute approximate surface area is 169 Å². The predicted octanol–water partition coefficient (Wildman–Crippen LogP) is 3.85. The molecule has 0 saturated carbocycles. The number of halogens is 1. The maximum atomic E-state index is 12.0. The van der Waals surface area contributed by atoms with Crippen molar-refractivity contribution in [3.63, 3.8) is 0 Å². The number of hydrogen-bond donors (Lipinski definition) is 2. The van der Waals surface area contributed by atoms with E-state index in [9.17, 15) is 20.0 Å². The predicted molar refractivity (Wildman–Crippen MR) is 111 cm³/mol. The molecule has 0 unspecified atom stereocenters. The summed E-state index contributed by atoms with van der Waals surface area (Å²) in [6.07, 6.45) is 0.854. The first-order valence-corrected chi connectivity index (χ1v) is 8.96. The molecule has 2 N–H and O–H groups in total. The fraction of sp³-hybridized carbons (Fsp3) is 0.158. The van der Waals surface area contributed by atoms with E-state index in [1.165, 1.54) is 6.07 Å². The van der Waals surface area contributed by atoms with Gasteiger partial charge in [0.05, 0.1) is 15.1 Å². The van der Waals surface area contributed by atoms with Crippen molar-refractivity contribution in [2.24, 2.45) is 7.05 Å². The van der Waals surface area contributed by atoms with E-state index < -0.39 is 4.92 Å². The number of benzene rings is 2. The van der Waals surface area contributed by atoms with E-state index in [1.54, 1.807) is 4.68 Å². The van der Waals surface area contributed by atoms with E-state index >= 15 is 0 Å². The summed E-state index contributed by atoms with van der Waals surface area (Å²) < 4.78 is 3.78. The molecular weight excluding hydrogens is 428 g/mol. The molecule has 0 spiro atoms. The first-order valence-electron chi connectivity index (χ1n) is 8.17. The third-order valence-electron chi connectivity index (χ3n) is 4.29. The lowest BCUT2D eigenvalue weighted by Crippen LogP contribution is -2.20. The number of nitro benzene ring substituents is 1. The minimum absolute atomic E-state index is 0.0567. The quantitative estimate of drug-likeness (QED) is 0.361. The maximum Gasteiger partial charge on any atom is 0.274 e. The number of rotatable bonds is 3. The SMILES string of the molecule is Cc1c(C)n(C)n(-c2ccccc2)c1=O.N=Cc1cc([N+](=O)[O-])cc(Br)c1O. The van der Waals surface area contributed by atoms with Crippen LogP contribution in [0.15, 0.2) is 51.7 Å². The number of para-hydroxylation sites is 1. The van der Waals surface area contributed by atoms with E-state index in [2.05, 4.69) is 15.9 Å². The van der Waals surface area contributed by atoms with E-state index in [0.29, 0.717) is 0 Å². The van der Waals surface area contributed by atoms with Gasteiger partial charge in [0, 0.05) is 42.2 Å². The van der Waals surface area contributed by atoms with Crippen LogP contribution in [0, 0.1) is 29.4 Å². The van der Waals surface area contributed by atoms with Gasteiger partial charge >= 0.3 is 0 Å². The van der Waals surface area contributed by atoms with Crippen LogP contribution in [0.1, 0.15) is 16.8 Å². The molecule has 0 aliphatic rings. The fourth-order valence-electron chi connectivity index (χ4n) is 2.52. The van der Waals surface area contributed by atoms with Gasteiger partial charge in [0.25, 0.3) is 11.2 Å². The van der Waals surface area contributed by atoms with Gasteiger partial charge in [-0.2, -0.15) is 0 Å². The number of nitrogens with one attached hydrogen (secondary N) is 1. The monoisotopic (exact) mass is 446 g/mol. The molecule has 146 valence electrons. The molecule has 3 aromatic rings. The molecule has 1 aromatic heterocycles. The molecule has 1 heterocycles. The first-order chi connectivity index (χ1) is 13.2. The highest BCUT2D eigenvalue weighted by Crippen LogP contribution is 2.31. The highest BCUT2D eigenvalue weighted by atomic mass is 79.9. The van der Waals surface area contributed by atoms with E-state index in [0.717, 1.165) is 29.2 Å². The number of phenolic OH excluding ortho intramolecular Hbond substituents is 1. The van der Waals surface area contributed by atoms with Gasteiger partial charge in [-0.1, -0.05) is 18.2 Å². The molecule has 0 aliphatic heterocycles. The van der Waals surface area contributed by atoms with Gasteiger partial charge in [0.15, 0.2) is 0 Å². The number of nitro groups is 1. The molecule has 0 bridgehead atoms. The van der Waals surface area contributed by atoms with Crippen LogP contribution in [-0.2, 0) is 7.05 Å². The number of hydrogen-bond acceptors (Lipinski definition) is 5. The smallest absolute Gasteiger partial charge is 0.274 e. The number of aromatic hydroxyl groups is 1. The Bertz CT molecular complexity index is 1090. The summed E-state index contributed by atoms with van der Waals surface area (Å²) in [5, 5.41) is 26.5. The van der Waals surface area contributed by atoms with Crippen LogP contribution in [0.3, 0.4) is 0 Å². The van der Waals surface area contributed by atoms with Crippen molar-refractivity contribution in [2.45, 2.75) is 13.8 Å². The van der Waals surface area contributed by atoms with Crippen LogP contribution < -0.4 is 5.56 Å². The Balaban J connectivity index is 0.000000203. The van der Waals surface area contributed by atoms with Crippen LogP contribution in [0.2, 0.25) is 0 Å². The summed E-state index contributed by atoms with van der Waals surface area (Å²) in [6.45, 7) is 3.81. The largest absolute Gasteiger partial charge is 0.506 e. The molecule has 0 amide bonds. The van der Waals surface area contributed by atoms with Crippen LogP contribution in [0.4, 0.5) is 5.69 Å². The summed E-state index contributed by atoms with van der Waals surface area (Å²) >= 11 is 2.95. The van der Waals surface area contributed by atoms with Crippen LogP contribution in [0.25, 0.3) is 5.69 Å². The van der Waals surface area contributed by atoms with Crippen LogP contribution in [-0.4, -0.2) is 25.6 Å². The van der Waals surface area contributed by atoms with Crippen LogP contribution >= 0.6 is 15.9 Å². The van der Waals surface area contributed by atoms with Gasteiger partial charge in [-0.25, -0.2) is 4.68 Å². The lowest BCUT2D eigenvalue weighted by Gasteiger charge is -2.07. The Kier molecular flexibility index (Phi) is 6.53. The average molecular weight is 447 g/mol. The Morgan fingerprint density at radius 1 is 1.21 bits per heavy atom. The minimum Gasteiger partial charge on any atom is -0.506 e. The molecule has 0 saturated heterocycles. The highest BCUT2D eigenvalue weighted by Gasteiger charge is 2.13. The Morgan fingerprint density at radius 2 is 1.82 bits per heavy atom. The average Bonchev–Trinajstić information content (AvgIpc) is 2.88. The van der Waals surface area contributed by atoms with E-state index in [4.69, 9.17) is 5.41 Å². The topological polar surface area (TPSA) is 114 Å². The molecule has 0 radical (unpaired) electrons. The third-order valence-corrected chi connectivity index (χ3v) is 4.89. The van der Waals surface area contributed by atoms with Crippen molar-refractivity contribution in [2.75, 3.05) is 0 Å². The molecule has 0 atom stereocenters. The zero-order chi connectivity index (χ0) is 21.0. The molecule has 28 heavy (non-hydrogen) atoms. The van der Waals surface area contributed by atoms with Crippen molar-refractivity contribution in [1.29, 1.82) is 5.41 Å². The van der Waals surface area contributed by atoms with Crippen molar-refractivity contribution in [3.8, 4) is 11.4 Å². The fourth-order valence-corrected chi connectivity index (χ4v) is 2.99. The van der Waals surface area contributed by atoms with E-state index in [1.807, 2.05) is 55.9 Å². The zero-order valence-corrected chi connectivity index (χ0v) is 17.1. The second kappa shape index (κ2) is 8.66. The molecule has 2 aromatic carbocycles. The summed E-state index contributed by atoms with van der Waals surface area (Å²) in [7, 11) is 1.90. The second-order valence-electron chi connectivity index (χ2n) is 5.95. The van der Waals surface area contributed by atoms with Gasteiger partial charge in [-0.3, -0.25) is 19.6 Å². The molecule has 0 aliphatic carbocycles. The number of phenols is 1. The van der Waals surface area contributed by atoms with Gasteiger partial charge in [0.1, 0.15) is 5.75 Å². The van der Waals surface area contributed by atoms with Crippen LogP contribution in [0.5, 0.6) is 5.75 Å². The molecule has 9 heteroatoms. The van der Waals surface area contributed by atoms with Gasteiger partial charge in [-0.05, 0) is 41.9 Å². The summed E-state index contributed by atoms with van der Waals surface area (Å²) in [5.41, 5.74) is 2.72. The molecular formula is C19H19BrN4O4. The molecule has 0 fully saturated rings. The number of nitrogens with zero attached hydrogens (tertiary/aromatic N) is 3. The lowest BCUT2D eigenvalue weighted by molar-refractivity contribution is -0.385. The lowest BCUT2D eigenvalue weighted by atomic mass is 10.2. The van der Waals surface area contributed by atoms with Crippen molar-refractivity contribution in [1.82, 2.24) is 9.36 Å². The van der Waals surface area contributed by atoms with Gasteiger partial charge < -0.3 is 10.5 Å².